The van der Waals surface area contributed by atoms with Gasteiger partial charge in [-0.3, -0.25) is 0 Å². The number of benzene rings is 1. The molecular weight excluding hydrogens is 210 g/mol. The van der Waals surface area contributed by atoms with Crippen molar-refractivity contribution in [2.24, 2.45) is 0 Å². The molecule has 2 nitrogen and oxygen atoms in total. The summed E-state index contributed by atoms with van der Waals surface area (Å²) in [5.74, 6) is -2.05. The number of hydrogen-bond acceptors (Lipinski definition) is 2. The molecule has 0 aliphatic carbocycles. The van der Waals surface area contributed by atoms with Crippen LogP contribution in [0.2, 0.25) is 0 Å². The molecule has 0 unspecified atom stereocenters. The zero-order chi connectivity index (χ0) is 10.9. The highest BCUT2D eigenvalue weighted by atomic mass is 32.2. The summed E-state index contributed by atoms with van der Waals surface area (Å²) >= 11 is 0. The largest absolute Gasteiger partial charge is 0.224 e. The summed E-state index contributed by atoms with van der Waals surface area (Å²) in [6.07, 6.45) is 1.23. The van der Waals surface area contributed by atoms with Crippen LogP contribution in [0.5, 0.6) is 0 Å². The van der Waals surface area contributed by atoms with Crippen molar-refractivity contribution in [2.45, 2.75) is 18.2 Å². The van der Waals surface area contributed by atoms with Gasteiger partial charge >= 0.3 is 0 Å². The summed E-state index contributed by atoms with van der Waals surface area (Å²) in [6.45, 7) is 1.73. The molecule has 1 aromatic carbocycles. The molecule has 0 aliphatic rings. The normalized spacial score (nSPS) is 11.7. The maximum absolute atomic E-state index is 13.2. The Hall–Kier alpha value is -0.970. The minimum Gasteiger partial charge on any atom is -0.224 e. The minimum absolute atomic E-state index is 0.437. The summed E-state index contributed by atoms with van der Waals surface area (Å²) < 4.78 is 48.3. The van der Waals surface area contributed by atoms with Crippen LogP contribution in [0.3, 0.4) is 0 Å². The Morgan fingerprint density at radius 3 is 1.93 bits per heavy atom. The van der Waals surface area contributed by atoms with E-state index in [2.05, 4.69) is 0 Å². The zero-order valence-electron chi connectivity index (χ0n) is 7.84. The van der Waals surface area contributed by atoms with Crippen LogP contribution >= 0.6 is 0 Å². The molecule has 0 aliphatic heterocycles. The van der Waals surface area contributed by atoms with Crippen molar-refractivity contribution in [1.29, 1.82) is 0 Å². The van der Waals surface area contributed by atoms with Gasteiger partial charge in [-0.1, -0.05) is 6.92 Å². The lowest BCUT2D eigenvalue weighted by Crippen LogP contribution is -2.05. The van der Waals surface area contributed by atoms with Crippen molar-refractivity contribution in [3.05, 3.63) is 29.3 Å². The smallest absolute Gasteiger partial charge is 0.181 e. The van der Waals surface area contributed by atoms with E-state index < -0.39 is 26.4 Å². The molecule has 0 spiro atoms. The number of hydrogen-bond donors (Lipinski definition) is 0. The van der Waals surface area contributed by atoms with E-state index in [0.29, 0.717) is 12.0 Å². The van der Waals surface area contributed by atoms with Crippen molar-refractivity contribution < 1.29 is 17.2 Å². The van der Waals surface area contributed by atoms with E-state index in [1.807, 2.05) is 0 Å². The first-order valence-electron chi connectivity index (χ1n) is 4.04. The maximum atomic E-state index is 13.2. The Morgan fingerprint density at radius 1 is 1.21 bits per heavy atom. The second-order valence-corrected chi connectivity index (χ2v) is 4.97. The van der Waals surface area contributed by atoms with Crippen LogP contribution in [0.4, 0.5) is 8.78 Å². The number of aryl methyl sites for hydroxylation is 1. The average molecular weight is 220 g/mol. The van der Waals surface area contributed by atoms with Crippen LogP contribution in [0.25, 0.3) is 0 Å². The monoisotopic (exact) mass is 220 g/mol. The van der Waals surface area contributed by atoms with Gasteiger partial charge in [-0.2, -0.15) is 0 Å². The summed E-state index contributed by atoms with van der Waals surface area (Å²) in [6, 6.07) is 2.08. The summed E-state index contributed by atoms with van der Waals surface area (Å²) in [5, 5.41) is 0. The second-order valence-electron chi connectivity index (χ2n) is 3.01. The number of sulfone groups is 1. The molecule has 0 saturated carbocycles. The molecule has 0 fully saturated rings. The molecule has 0 N–H and O–H groups in total. The summed E-state index contributed by atoms with van der Waals surface area (Å²) in [4.78, 5) is -0.852. The Balaban J connectivity index is 3.48. The maximum Gasteiger partial charge on any atom is 0.181 e. The SMILES string of the molecule is CCc1cc(F)c(S(C)(=O)=O)c(F)c1. The second kappa shape index (κ2) is 3.65. The topological polar surface area (TPSA) is 34.1 Å². The highest BCUT2D eigenvalue weighted by Crippen LogP contribution is 2.20. The van der Waals surface area contributed by atoms with Gasteiger partial charge in [0.1, 0.15) is 16.5 Å². The summed E-state index contributed by atoms with van der Waals surface area (Å²) in [7, 11) is -3.84. The van der Waals surface area contributed by atoms with E-state index in [9.17, 15) is 17.2 Å². The van der Waals surface area contributed by atoms with Crippen molar-refractivity contribution in [1.82, 2.24) is 0 Å². The average Bonchev–Trinajstić information content (AvgIpc) is 1.99. The van der Waals surface area contributed by atoms with E-state index in [4.69, 9.17) is 0 Å². The molecule has 14 heavy (non-hydrogen) atoms. The molecule has 1 rings (SSSR count). The molecule has 78 valence electrons. The van der Waals surface area contributed by atoms with Gasteiger partial charge in [0.25, 0.3) is 0 Å². The Kier molecular flexibility index (Phi) is 2.89. The van der Waals surface area contributed by atoms with E-state index in [1.54, 1.807) is 6.92 Å². The predicted molar refractivity (Wildman–Crippen MR) is 48.8 cm³/mol. The Morgan fingerprint density at radius 2 is 1.64 bits per heavy atom. The van der Waals surface area contributed by atoms with E-state index in [1.165, 1.54) is 0 Å². The third kappa shape index (κ3) is 2.09. The third-order valence-electron chi connectivity index (χ3n) is 1.84. The Bertz CT molecular complexity index is 429. The van der Waals surface area contributed by atoms with Gasteiger partial charge in [-0.05, 0) is 24.1 Å². The van der Waals surface area contributed by atoms with Crippen LogP contribution in [0.1, 0.15) is 12.5 Å². The molecule has 0 atom stereocenters. The molecule has 0 heterocycles. The molecule has 0 radical (unpaired) electrons. The van der Waals surface area contributed by atoms with Gasteiger partial charge in [0.15, 0.2) is 9.84 Å². The first-order valence-corrected chi connectivity index (χ1v) is 5.93. The van der Waals surface area contributed by atoms with Crippen molar-refractivity contribution >= 4 is 9.84 Å². The molecule has 0 saturated heterocycles. The van der Waals surface area contributed by atoms with Crippen molar-refractivity contribution in [2.75, 3.05) is 6.26 Å². The van der Waals surface area contributed by atoms with E-state index >= 15 is 0 Å². The van der Waals surface area contributed by atoms with E-state index in [-0.39, 0.29) is 0 Å². The van der Waals surface area contributed by atoms with Gasteiger partial charge in [0, 0.05) is 6.26 Å². The molecular formula is C9H10F2O2S. The highest BCUT2D eigenvalue weighted by molar-refractivity contribution is 7.90. The molecule has 5 heteroatoms. The minimum atomic E-state index is -3.84. The standard InChI is InChI=1S/C9H10F2O2S/c1-3-6-4-7(10)9(8(11)5-6)14(2,12)13/h4-5H,3H2,1-2H3. The highest BCUT2D eigenvalue weighted by Gasteiger charge is 2.19. The number of halogens is 2. The third-order valence-corrected chi connectivity index (χ3v) is 2.97. The fourth-order valence-corrected chi connectivity index (χ4v) is 2.00. The van der Waals surface area contributed by atoms with Crippen molar-refractivity contribution in [3.63, 3.8) is 0 Å². The van der Waals surface area contributed by atoms with Gasteiger partial charge in [-0.25, -0.2) is 17.2 Å². The van der Waals surface area contributed by atoms with Gasteiger partial charge in [0.2, 0.25) is 0 Å². The Labute approximate surface area is 81.5 Å². The van der Waals surface area contributed by atoms with Crippen LogP contribution in [-0.2, 0) is 16.3 Å². The van der Waals surface area contributed by atoms with Crippen LogP contribution in [-0.4, -0.2) is 14.7 Å². The lowest BCUT2D eigenvalue weighted by molar-refractivity contribution is 0.519. The van der Waals surface area contributed by atoms with Crippen LogP contribution in [0, 0.1) is 11.6 Å². The van der Waals surface area contributed by atoms with Gasteiger partial charge < -0.3 is 0 Å². The van der Waals surface area contributed by atoms with Crippen LogP contribution < -0.4 is 0 Å². The fraction of sp³-hybridized carbons (Fsp3) is 0.333. The van der Waals surface area contributed by atoms with Crippen LogP contribution in [0.15, 0.2) is 17.0 Å². The van der Waals surface area contributed by atoms with Crippen molar-refractivity contribution in [3.8, 4) is 0 Å². The summed E-state index contributed by atoms with van der Waals surface area (Å²) in [5.41, 5.74) is 0.437. The zero-order valence-corrected chi connectivity index (χ0v) is 8.66. The van der Waals surface area contributed by atoms with E-state index in [0.717, 1.165) is 18.4 Å². The first-order chi connectivity index (χ1) is 6.36. The molecule has 0 aromatic heterocycles. The quantitative estimate of drug-likeness (QED) is 0.763. The van der Waals surface area contributed by atoms with Gasteiger partial charge in [0.05, 0.1) is 0 Å². The fourth-order valence-electron chi connectivity index (χ4n) is 1.17. The first kappa shape index (κ1) is 11.1. The lowest BCUT2D eigenvalue weighted by Gasteiger charge is -2.04. The van der Waals surface area contributed by atoms with Gasteiger partial charge in [-0.15, -0.1) is 0 Å². The molecule has 0 amide bonds. The predicted octanol–water partition coefficient (Wildman–Crippen LogP) is 1.93. The number of rotatable bonds is 2. The molecule has 0 bridgehead atoms. The lowest BCUT2D eigenvalue weighted by atomic mass is 10.2. The molecule has 1 aromatic rings.